The van der Waals surface area contributed by atoms with Crippen molar-refractivity contribution >= 4 is 11.9 Å². The highest BCUT2D eigenvalue weighted by Gasteiger charge is 2.21. The summed E-state index contributed by atoms with van der Waals surface area (Å²) >= 11 is 0. The van der Waals surface area contributed by atoms with Crippen LogP contribution in [0.2, 0.25) is 0 Å². The normalized spacial score (nSPS) is 12.6. The standard InChI is InChI=1S/C15H21FN2O3/c1-5-12(18-14(20)21-15(2,3)4)7-13(19)10-6-11(16)9-17-8-10/h6,8-9,12H,5,7H2,1-4H3,(H,18,20). The molecule has 1 unspecified atom stereocenters. The van der Waals surface area contributed by atoms with Crippen molar-refractivity contribution in [3.05, 3.63) is 29.8 Å². The van der Waals surface area contributed by atoms with Crippen LogP contribution >= 0.6 is 0 Å². The van der Waals surface area contributed by atoms with E-state index in [1.807, 2.05) is 6.92 Å². The fraction of sp³-hybridized carbons (Fsp3) is 0.533. The third-order valence-corrected chi connectivity index (χ3v) is 2.67. The molecule has 1 aromatic rings. The smallest absolute Gasteiger partial charge is 0.407 e. The molecule has 1 atom stereocenters. The van der Waals surface area contributed by atoms with Crippen molar-refractivity contribution in [2.24, 2.45) is 0 Å². The highest BCUT2D eigenvalue weighted by molar-refractivity contribution is 5.96. The lowest BCUT2D eigenvalue weighted by Gasteiger charge is -2.22. The summed E-state index contributed by atoms with van der Waals surface area (Å²) in [5, 5.41) is 2.64. The molecule has 0 saturated carbocycles. The quantitative estimate of drug-likeness (QED) is 0.848. The molecule has 1 rings (SSSR count). The SMILES string of the molecule is CCC(CC(=O)c1cncc(F)c1)NC(=O)OC(C)(C)C. The van der Waals surface area contributed by atoms with E-state index in [-0.39, 0.29) is 23.8 Å². The van der Waals surface area contributed by atoms with Gasteiger partial charge in [-0.15, -0.1) is 0 Å². The first-order valence-electron chi connectivity index (χ1n) is 6.84. The Balaban J connectivity index is 2.62. The summed E-state index contributed by atoms with van der Waals surface area (Å²) in [7, 11) is 0. The van der Waals surface area contributed by atoms with Gasteiger partial charge >= 0.3 is 6.09 Å². The van der Waals surface area contributed by atoms with Crippen molar-refractivity contribution in [3.63, 3.8) is 0 Å². The van der Waals surface area contributed by atoms with Crippen molar-refractivity contribution in [1.29, 1.82) is 0 Å². The minimum Gasteiger partial charge on any atom is -0.444 e. The average molecular weight is 296 g/mol. The number of aromatic nitrogens is 1. The number of Topliss-reactive ketones (excluding diaryl/α,β-unsaturated/α-hetero) is 1. The summed E-state index contributed by atoms with van der Waals surface area (Å²) in [6, 6.07) is 0.769. The number of halogens is 1. The molecule has 1 aromatic heterocycles. The lowest BCUT2D eigenvalue weighted by molar-refractivity contribution is 0.0500. The molecule has 0 aliphatic heterocycles. The topological polar surface area (TPSA) is 68.3 Å². The van der Waals surface area contributed by atoms with Crippen molar-refractivity contribution in [2.75, 3.05) is 0 Å². The van der Waals surface area contributed by atoms with E-state index in [0.717, 1.165) is 12.3 Å². The van der Waals surface area contributed by atoms with E-state index in [0.29, 0.717) is 6.42 Å². The first-order chi connectivity index (χ1) is 9.71. The zero-order valence-electron chi connectivity index (χ0n) is 12.8. The maximum Gasteiger partial charge on any atom is 0.407 e. The van der Waals surface area contributed by atoms with E-state index in [4.69, 9.17) is 4.74 Å². The van der Waals surface area contributed by atoms with Gasteiger partial charge in [0, 0.05) is 24.2 Å². The van der Waals surface area contributed by atoms with Crippen LogP contribution in [0, 0.1) is 5.82 Å². The van der Waals surface area contributed by atoms with Gasteiger partial charge in [0.1, 0.15) is 11.4 Å². The van der Waals surface area contributed by atoms with Gasteiger partial charge in [-0.3, -0.25) is 9.78 Å². The molecule has 0 saturated heterocycles. The van der Waals surface area contributed by atoms with E-state index in [2.05, 4.69) is 10.3 Å². The molecule has 5 nitrogen and oxygen atoms in total. The van der Waals surface area contributed by atoms with E-state index in [1.54, 1.807) is 20.8 Å². The number of rotatable bonds is 5. The van der Waals surface area contributed by atoms with Gasteiger partial charge in [-0.25, -0.2) is 9.18 Å². The molecule has 21 heavy (non-hydrogen) atoms. The third-order valence-electron chi connectivity index (χ3n) is 2.67. The Morgan fingerprint density at radius 1 is 1.38 bits per heavy atom. The second kappa shape index (κ2) is 7.15. The number of hydrogen-bond acceptors (Lipinski definition) is 4. The van der Waals surface area contributed by atoms with Gasteiger partial charge in [-0.1, -0.05) is 6.92 Å². The molecule has 6 heteroatoms. The van der Waals surface area contributed by atoms with E-state index in [9.17, 15) is 14.0 Å². The number of nitrogens with one attached hydrogen (secondary N) is 1. The van der Waals surface area contributed by atoms with Crippen LogP contribution in [0.1, 0.15) is 50.9 Å². The van der Waals surface area contributed by atoms with Crippen molar-refractivity contribution in [1.82, 2.24) is 10.3 Å². The van der Waals surface area contributed by atoms with Crippen molar-refractivity contribution < 1.29 is 18.7 Å². The Labute approximate surface area is 123 Å². The first kappa shape index (κ1) is 17.1. The molecule has 0 fully saturated rings. The van der Waals surface area contributed by atoms with Gasteiger partial charge in [0.2, 0.25) is 0 Å². The molecule has 1 amide bonds. The van der Waals surface area contributed by atoms with E-state index < -0.39 is 17.5 Å². The van der Waals surface area contributed by atoms with E-state index >= 15 is 0 Å². The van der Waals surface area contributed by atoms with Crippen LogP contribution in [0.3, 0.4) is 0 Å². The summed E-state index contributed by atoms with van der Waals surface area (Å²) in [6.07, 6.45) is 2.41. The first-order valence-corrected chi connectivity index (χ1v) is 6.84. The number of ketones is 1. The zero-order valence-corrected chi connectivity index (χ0v) is 12.8. The van der Waals surface area contributed by atoms with Crippen LogP contribution in [-0.4, -0.2) is 28.5 Å². The Morgan fingerprint density at radius 3 is 2.57 bits per heavy atom. The molecule has 1 N–H and O–H groups in total. The Kier molecular flexibility index (Phi) is 5.81. The molecule has 0 radical (unpaired) electrons. The fourth-order valence-electron chi connectivity index (χ4n) is 1.68. The molecule has 0 aromatic carbocycles. The van der Waals surface area contributed by atoms with Crippen LogP contribution in [0.25, 0.3) is 0 Å². The van der Waals surface area contributed by atoms with Gasteiger partial charge in [-0.05, 0) is 33.3 Å². The largest absolute Gasteiger partial charge is 0.444 e. The van der Waals surface area contributed by atoms with Gasteiger partial charge in [-0.2, -0.15) is 0 Å². The number of pyridine rings is 1. The lowest BCUT2D eigenvalue weighted by atomic mass is 10.0. The zero-order chi connectivity index (χ0) is 16.0. The van der Waals surface area contributed by atoms with Crippen LogP contribution in [-0.2, 0) is 4.74 Å². The van der Waals surface area contributed by atoms with Crippen LogP contribution < -0.4 is 5.32 Å². The number of hydrogen-bond donors (Lipinski definition) is 1. The molecule has 0 bridgehead atoms. The van der Waals surface area contributed by atoms with E-state index in [1.165, 1.54) is 6.20 Å². The summed E-state index contributed by atoms with van der Waals surface area (Å²) in [4.78, 5) is 27.4. The Hall–Kier alpha value is -1.98. The monoisotopic (exact) mass is 296 g/mol. The number of carbonyl (C=O) groups excluding carboxylic acids is 2. The minimum atomic E-state index is -0.598. The molecular formula is C15H21FN2O3. The summed E-state index contributed by atoms with van der Waals surface area (Å²) in [5.74, 6) is -0.834. The average Bonchev–Trinajstić information content (AvgIpc) is 2.35. The molecule has 0 spiro atoms. The number of alkyl carbamates (subject to hydrolysis) is 1. The number of carbonyl (C=O) groups is 2. The predicted octanol–water partition coefficient (Wildman–Crippen LogP) is 3.10. The van der Waals surface area contributed by atoms with Gasteiger partial charge in [0.25, 0.3) is 0 Å². The predicted molar refractivity (Wildman–Crippen MR) is 76.6 cm³/mol. The molecule has 1 heterocycles. The molecular weight excluding hydrogens is 275 g/mol. The van der Waals surface area contributed by atoms with Crippen LogP contribution in [0.5, 0.6) is 0 Å². The van der Waals surface area contributed by atoms with Crippen LogP contribution in [0.15, 0.2) is 18.5 Å². The maximum atomic E-state index is 13.0. The van der Waals surface area contributed by atoms with Gasteiger partial charge in [0.05, 0.1) is 6.20 Å². The fourth-order valence-corrected chi connectivity index (χ4v) is 1.68. The molecule has 0 aliphatic carbocycles. The highest BCUT2D eigenvalue weighted by atomic mass is 19.1. The molecule has 116 valence electrons. The van der Waals surface area contributed by atoms with Gasteiger partial charge < -0.3 is 10.1 Å². The summed E-state index contributed by atoms with van der Waals surface area (Å²) < 4.78 is 18.2. The highest BCUT2D eigenvalue weighted by Crippen LogP contribution is 2.11. The Bertz CT molecular complexity index is 512. The van der Waals surface area contributed by atoms with Crippen LogP contribution in [0.4, 0.5) is 9.18 Å². The van der Waals surface area contributed by atoms with Crippen molar-refractivity contribution in [3.8, 4) is 0 Å². The van der Waals surface area contributed by atoms with Crippen molar-refractivity contribution in [2.45, 2.75) is 52.2 Å². The summed E-state index contributed by atoms with van der Waals surface area (Å²) in [5.41, 5.74) is -0.404. The minimum absolute atomic E-state index is 0.0703. The lowest BCUT2D eigenvalue weighted by Crippen LogP contribution is -2.39. The molecule has 0 aliphatic rings. The number of ether oxygens (including phenoxy) is 1. The summed E-state index contributed by atoms with van der Waals surface area (Å²) in [6.45, 7) is 7.13. The number of amides is 1. The Morgan fingerprint density at radius 2 is 2.05 bits per heavy atom. The third kappa shape index (κ3) is 6.33. The second-order valence-corrected chi connectivity index (χ2v) is 5.77. The van der Waals surface area contributed by atoms with Gasteiger partial charge in [0.15, 0.2) is 5.78 Å². The second-order valence-electron chi connectivity index (χ2n) is 5.77. The number of nitrogens with zero attached hydrogens (tertiary/aromatic N) is 1. The maximum absolute atomic E-state index is 13.0.